The van der Waals surface area contributed by atoms with Gasteiger partial charge < -0.3 is 14.2 Å². The molecule has 8 heteroatoms. The Kier molecular flexibility index (Phi) is 5.67. The molecule has 0 saturated heterocycles. The second kappa shape index (κ2) is 9.07. The van der Waals surface area contributed by atoms with Crippen LogP contribution in [0.3, 0.4) is 0 Å². The Bertz CT molecular complexity index is 1270. The highest BCUT2D eigenvalue weighted by molar-refractivity contribution is 7.20. The normalized spacial score (nSPS) is 13.1. The van der Waals surface area contributed by atoms with Crippen LogP contribution < -0.4 is 19.6 Å². The molecule has 160 valence electrons. The summed E-state index contributed by atoms with van der Waals surface area (Å²) in [6, 6.07) is 21.3. The first-order chi connectivity index (χ1) is 15.8. The van der Waals surface area contributed by atoms with Crippen molar-refractivity contribution in [1.29, 1.82) is 0 Å². The Morgan fingerprint density at radius 2 is 1.94 bits per heavy atom. The van der Waals surface area contributed by atoms with E-state index in [0.717, 1.165) is 38.0 Å². The number of nitrogens with zero attached hydrogens (tertiary/aromatic N) is 3. The van der Waals surface area contributed by atoms with Crippen LogP contribution in [0.15, 0.2) is 76.8 Å². The Hall–Kier alpha value is -3.91. The van der Waals surface area contributed by atoms with E-state index in [1.807, 2.05) is 73.7 Å². The predicted molar refractivity (Wildman–Crippen MR) is 127 cm³/mol. The highest BCUT2D eigenvalue weighted by Crippen LogP contribution is 2.32. The summed E-state index contributed by atoms with van der Waals surface area (Å²) in [7, 11) is 0. The molecule has 1 aliphatic rings. The highest BCUT2D eigenvalue weighted by atomic mass is 32.1. The van der Waals surface area contributed by atoms with Crippen molar-refractivity contribution < 1.29 is 14.2 Å². The van der Waals surface area contributed by atoms with Gasteiger partial charge in [0.25, 0.3) is 0 Å². The SMILES string of the molecule is CCOc1ccc(N=C(NN=Cc2ccc3c(c2)OCO3)c2nc3ccccc3s2)cc1. The smallest absolute Gasteiger partial charge is 0.231 e. The number of fused-ring (bicyclic) bond motifs is 2. The van der Waals surface area contributed by atoms with Crippen molar-refractivity contribution in [3.8, 4) is 17.2 Å². The van der Waals surface area contributed by atoms with Gasteiger partial charge in [0.05, 0.1) is 28.7 Å². The molecule has 0 radical (unpaired) electrons. The molecule has 4 aromatic rings. The van der Waals surface area contributed by atoms with E-state index >= 15 is 0 Å². The molecule has 0 amide bonds. The van der Waals surface area contributed by atoms with Gasteiger partial charge in [0.15, 0.2) is 22.3 Å². The molecule has 0 atom stereocenters. The number of nitrogens with one attached hydrogen (secondary N) is 1. The summed E-state index contributed by atoms with van der Waals surface area (Å²) >= 11 is 1.56. The van der Waals surface area contributed by atoms with Crippen molar-refractivity contribution in [3.63, 3.8) is 0 Å². The van der Waals surface area contributed by atoms with E-state index in [1.54, 1.807) is 17.6 Å². The van der Waals surface area contributed by atoms with Gasteiger partial charge in [-0.15, -0.1) is 11.3 Å². The average molecular weight is 445 g/mol. The fraction of sp³-hybridized carbons (Fsp3) is 0.125. The maximum Gasteiger partial charge on any atom is 0.231 e. The molecule has 0 fully saturated rings. The third-order valence-corrected chi connectivity index (χ3v) is 5.71. The van der Waals surface area contributed by atoms with Crippen molar-refractivity contribution >= 4 is 39.3 Å². The van der Waals surface area contributed by atoms with E-state index in [9.17, 15) is 0 Å². The molecule has 0 unspecified atom stereocenters. The number of ether oxygens (including phenoxy) is 3. The summed E-state index contributed by atoms with van der Waals surface area (Å²) in [4.78, 5) is 9.47. The zero-order chi connectivity index (χ0) is 21.8. The number of para-hydroxylation sites is 1. The van der Waals surface area contributed by atoms with E-state index in [0.29, 0.717) is 18.2 Å². The van der Waals surface area contributed by atoms with Gasteiger partial charge in [-0.1, -0.05) is 12.1 Å². The lowest BCUT2D eigenvalue weighted by atomic mass is 10.2. The van der Waals surface area contributed by atoms with Crippen LogP contribution in [0.4, 0.5) is 5.69 Å². The maximum absolute atomic E-state index is 5.52. The molecule has 7 nitrogen and oxygen atoms in total. The summed E-state index contributed by atoms with van der Waals surface area (Å²) in [5.41, 5.74) is 5.64. The number of rotatable bonds is 6. The van der Waals surface area contributed by atoms with Gasteiger partial charge in [0, 0.05) is 0 Å². The molecule has 3 aromatic carbocycles. The molecular formula is C24H20N4O3S. The van der Waals surface area contributed by atoms with E-state index in [4.69, 9.17) is 24.2 Å². The second-order valence-corrected chi connectivity index (χ2v) is 7.89. The maximum atomic E-state index is 5.52. The fourth-order valence-electron chi connectivity index (χ4n) is 3.17. The van der Waals surface area contributed by atoms with Gasteiger partial charge in [-0.25, -0.2) is 9.98 Å². The largest absolute Gasteiger partial charge is 0.494 e. The third kappa shape index (κ3) is 4.40. The summed E-state index contributed by atoms with van der Waals surface area (Å²) in [6.07, 6.45) is 1.71. The van der Waals surface area contributed by atoms with E-state index < -0.39 is 0 Å². The van der Waals surface area contributed by atoms with Gasteiger partial charge >= 0.3 is 0 Å². The number of benzene rings is 3. The fourth-order valence-corrected chi connectivity index (χ4v) is 4.07. The standard InChI is InChI=1S/C24H20N4O3S/c1-2-29-18-10-8-17(9-11-18)26-23(24-27-19-5-3-4-6-22(19)32-24)28-25-14-16-7-12-20-21(13-16)31-15-30-20/h3-14H,2,15H2,1H3,(H,26,28). The van der Waals surface area contributed by atoms with Gasteiger partial charge in [0.1, 0.15) is 5.75 Å². The van der Waals surface area contributed by atoms with Gasteiger partial charge in [-0.3, -0.25) is 5.43 Å². The number of hydrogen-bond acceptors (Lipinski definition) is 7. The molecule has 32 heavy (non-hydrogen) atoms. The van der Waals surface area contributed by atoms with Crippen LogP contribution in [0, 0.1) is 0 Å². The first-order valence-electron chi connectivity index (χ1n) is 10.1. The number of aliphatic imine (C=N–C) groups is 1. The van der Waals surface area contributed by atoms with Crippen LogP contribution >= 0.6 is 11.3 Å². The van der Waals surface area contributed by atoms with Gasteiger partial charge in [-0.2, -0.15) is 5.10 Å². The lowest BCUT2D eigenvalue weighted by Crippen LogP contribution is -2.18. The molecule has 1 aromatic heterocycles. The van der Waals surface area contributed by atoms with Crippen molar-refractivity contribution in [2.45, 2.75) is 6.92 Å². The van der Waals surface area contributed by atoms with Crippen LogP contribution in [0.1, 0.15) is 17.5 Å². The average Bonchev–Trinajstić information content (AvgIpc) is 3.46. The minimum absolute atomic E-state index is 0.241. The molecule has 5 rings (SSSR count). The van der Waals surface area contributed by atoms with Crippen LogP contribution in [-0.4, -0.2) is 30.4 Å². The summed E-state index contributed by atoms with van der Waals surface area (Å²) < 4.78 is 17.4. The van der Waals surface area contributed by atoms with Gasteiger partial charge in [-0.05, 0) is 67.1 Å². The van der Waals surface area contributed by atoms with Crippen LogP contribution in [0.2, 0.25) is 0 Å². The lowest BCUT2D eigenvalue weighted by Gasteiger charge is -2.05. The molecule has 0 aliphatic carbocycles. The molecule has 0 bridgehead atoms. The molecule has 0 saturated carbocycles. The molecule has 1 aliphatic heterocycles. The topological polar surface area (TPSA) is 77.3 Å². The number of hydrazone groups is 1. The number of aromatic nitrogens is 1. The van der Waals surface area contributed by atoms with Crippen molar-refractivity contribution in [3.05, 3.63) is 77.3 Å². The summed E-state index contributed by atoms with van der Waals surface area (Å²) in [5.74, 6) is 2.82. The Morgan fingerprint density at radius 1 is 1.09 bits per heavy atom. The Morgan fingerprint density at radius 3 is 2.78 bits per heavy atom. The van der Waals surface area contributed by atoms with Crippen LogP contribution in [0.5, 0.6) is 17.2 Å². The zero-order valence-corrected chi connectivity index (χ0v) is 18.1. The predicted octanol–water partition coefficient (Wildman–Crippen LogP) is 5.13. The number of amidine groups is 1. The first kappa shape index (κ1) is 20.0. The molecule has 1 N–H and O–H groups in total. The Labute approximate surface area is 189 Å². The molecule has 0 spiro atoms. The minimum Gasteiger partial charge on any atom is -0.494 e. The van der Waals surface area contributed by atoms with E-state index in [2.05, 4.69) is 10.5 Å². The summed E-state index contributed by atoms with van der Waals surface area (Å²) in [5, 5.41) is 5.15. The zero-order valence-electron chi connectivity index (χ0n) is 17.3. The van der Waals surface area contributed by atoms with Crippen molar-refractivity contribution in [2.24, 2.45) is 10.1 Å². The molecule has 2 heterocycles. The van der Waals surface area contributed by atoms with Crippen LogP contribution in [-0.2, 0) is 0 Å². The number of hydrogen-bond donors (Lipinski definition) is 1. The van der Waals surface area contributed by atoms with Crippen molar-refractivity contribution in [2.75, 3.05) is 13.4 Å². The summed E-state index contributed by atoms with van der Waals surface area (Å²) in [6.45, 7) is 2.82. The second-order valence-electron chi connectivity index (χ2n) is 6.86. The highest BCUT2D eigenvalue weighted by Gasteiger charge is 2.13. The minimum atomic E-state index is 0.241. The van der Waals surface area contributed by atoms with Gasteiger partial charge in [0.2, 0.25) is 6.79 Å². The number of thiazole rings is 1. The Balaban J connectivity index is 1.43. The quantitative estimate of drug-likeness (QED) is 0.254. The van der Waals surface area contributed by atoms with Crippen LogP contribution in [0.25, 0.3) is 10.2 Å². The molecular weight excluding hydrogens is 424 g/mol. The monoisotopic (exact) mass is 444 g/mol. The first-order valence-corrected chi connectivity index (χ1v) is 11.0. The van der Waals surface area contributed by atoms with E-state index in [-0.39, 0.29) is 6.79 Å². The third-order valence-electron chi connectivity index (χ3n) is 4.67. The lowest BCUT2D eigenvalue weighted by molar-refractivity contribution is 0.174. The van der Waals surface area contributed by atoms with E-state index in [1.165, 1.54) is 0 Å². The van der Waals surface area contributed by atoms with Crippen molar-refractivity contribution in [1.82, 2.24) is 10.4 Å².